The van der Waals surface area contributed by atoms with E-state index in [-0.39, 0.29) is 5.95 Å². The Hall–Kier alpha value is -3.22. The first kappa shape index (κ1) is 15.7. The molecule has 124 valence electrons. The number of ether oxygens (including phenoxy) is 2. The lowest BCUT2D eigenvalue weighted by molar-refractivity contribution is 0.356. The van der Waals surface area contributed by atoms with Crippen molar-refractivity contribution in [3.05, 3.63) is 48.0 Å². The molecule has 3 rings (SSSR count). The number of aromatic nitrogens is 2. The number of nitrogen functional groups attached to an aromatic ring is 2. The van der Waals surface area contributed by atoms with Crippen LogP contribution < -0.4 is 20.9 Å². The Morgan fingerprint density at radius 1 is 1.17 bits per heavy atom. The zero-order valence-corrected chi connectivity index (χ0v) is 13.4. The Balaban J connectivity index is 2.07. The average molecular weight is 326 g/mol. The number of furan rings is 1. The van der Waals surface area contributed by atoms with E-state index >= 15 is 0 Å². The molecule has 0 amide bonds. The van der Waals surface area contributed by atoms with Crippen molar-refractivity contribution < 1.29 is 13.9 Å². The maximum absolute atomic E-state index is 5.93. The molecule has 0 saturated heterocycles. The second kappa shape index (κ2) is 6.49. The van der Waals surface area contributed by atoms with Crippen LogP contribution >= 0.6 is 0 Å². The molecule has 24 heavy (non-hydrogen) atoms. The van der Waals surface area contributed by atoms with E-state index in [1.54, 1.807) is 32.9 Å². The SMILES string of the molecule is COc1cc(Cc2cnc(N)nc2N)cc(-c2ccoc2)c1OC. The Bertz CT molecular complexity index is 847. The molecule has 0 aliphatic rings. The van der Waals surface area contributed by atoms with E-state index in [1.807, 2.05) is 18.2 Å². The molecule has 0 unspecified atom stereocenters. The summed E-state index contributed by atoms with van der Waals surface area (Å²) in [6.07, 6.45) is 5.44. The molecule has 2 heterocycles. The van der Waals surface area contributed by atoms with Gasteiger partial charge in [-0.05, 0) is 23.8 Å². The van der Waals surface area contributed by atoms with Crippen LogP contribution in [-0.2, 0) is 6.42 Å². The number of nitrogens with zero attached hydrogens (tertiary/aromatic N) is 2. The lowest BCUT2D eigenvalue weighted by atomic mass is 9.99. The van der Waals surface area contributed by atoms with Gasteiger partial charge in [0.2, 0.25) is 5.95 Å². The first-order valence-electron chi connectivity index (χ1n) is 7.26. The highest BCUT2D eigenvalue weighted by Crippen LogP contribution is 2.40. The Labute approximate surface area is 139 Å². The number of hydrogen-bond donors (Lipinski definition) is 2. The van der Waals surface area contributed by atoms with Crippen LogP contribution in [0.25, 0.3) is 11.1 Å². The predicted molar refractivity (Wildman–Crippen MR) is 90.9 cm³/mol. The van der Waals surface area contributed by atoms with E-state index in [0.29, 0.717) is 23.7 Å². The Kier molecular flexibility index (Phi) is 4.24. The number of nitrogens with two attached hydrogens (primary N) is 2. The van der Waals surface area contributed by atoms with Gasteiger partial charge in [-0.15, -0.1) is 0 Å². The van der Waals surface area contributed by atoms with Gasteiger partial charge in [-0.2, -0.15) is 4.98 Å². The van der Waals surface area contributed by atoms with Gasteiger partial charge >= 0.3 is 0 Å². The van der Waals surface area contributed by atoms with Gasteiger partial charge in [0.15, 0.2) is 11.5 Å². The maximum Gasteiger partial charge on any atom is 0.221 e. The summed E-state index contributed by atoms with van der Waals surface area (Å²) in [5.74, 6) is 1.79. The Morgan fingerprint density at radius 2 is 2.00 bits per heavy atom. The van der Waals surface area contributed by atoms with Crippen LogP contribution in [0.1, 0.15) is 11.1 Å². The van der Waals surface area contributed by atoms with Crippen molar-refractivity contribution >= 4 is 11.8 Å². The van der Waals surface area contributed by atoms with Gasteiger partial charge in [-0.3, -0.25) is 0 Å². The minimum absolute atomic E-state index is 0.155. The van der Waals surface area contributed by atoms with Gasteiger partial charge in [-0.1, -0.05) is 0 Å². The normalized spacial score (nSPS) is 10.6. The third kappa shape index (κ3) is 2.96. The molecule has 0 aliphatic carbocycles. The average Bonchev–Trinajstić information content (AvgIpc) is 3.11. The van der Waals surface area contributed by atoms with Crippen molar-refractivity contribution in [3.63, 3.8) is 0 Å². The van der Waals surface area contributed by atoms with Crippen LogP contribution in [0.15, 0.2) is 41.3 Å². The molecular formula is C17H18N4O3. The third-order valence-corrected chi connectivity index (χ3v) is 3.68. The monoisotopic (exact) mass is 326 g/mol. The van der Waals surface area contributed by atoms with Crippen molar-refractivity contribution in [2.24, 2.45) is 0 Å². The van der Waals surface area contributed by atoms with Gasteiger partial charge in [0.1, 0.15) is 5.82 Å². The summed E-state index contributed by atoms with van der Waals surface area (Å²) < 4.78 is 16.1. The van der Waals surface area contributed by atoms with E-state index < -0.39 is 0 Å². The summed E-state index contributed by atoms with van der Waals surface area (Å²) in [4.78, 5) is 7.99. The van der Waals surface area contributed by atoms with E-state index in [2.05, 4.69) is 9.97 Å². The van der Waals surface area contributed by atoms with E-state index in [1.165, 1.54) is 0 Å². The van der Waals surface area contributed by atoms with Gasteiger partial charge in [0.05, 0.1) is 26.7 Å². The number of methoxy groups -OCH3 is 2. The van der Waals surface area contributed by atoms with Crippen molar-refractivity contribution in [2.45, 2.75) is 6.42 Å². The van der Waals surface area contributed by atoms with Crippen LogP contribution in [0.4, 0.5) is 11.8 Å². The summed E-state index contributed by atoms with van der Waals surface area (Å²) in [5.41, 5.74) is 15.0. The van der Waals surface area contributed by atoms with Crippen molar-refractivity contribution in [1.29, 1.82) is 0 Å². The van der Waals surface area contributed by atoms with Crippen molar-refractivity contribution in [1.82, 2.24) is 9.97 Å². The molecule has 0 fully saturated rings. The zero-order chi connectivity index (χ0) is 17.1. The minimum Gasteiger partial charge on any atom is -0.493 e. The molecule has 0 bridgehead atoms. The summed E-state index contributed by atoms with van der Waals surface area (Å²) in [7, 11) is 3.20. The standard InChI is InChI=1S/C17H18N4O3/c1-22-14-7-10(5-12-8-20-17(19)21-16(12)18)6-13(15(14)23-2)11-3-4-24-9-11/h3-4,6-9H,5H2,1-2H3,(H4,18,19,20,21). The first-order valence-corrected chi connectivity index (χ1v) is 7.26. The molecule has 1 aromatic carbocycles. The molecule has 4 N–H and O–H groups in total. The van der Waals surface area contributed by atoms with Crippen molar-refractivity contribution in [2.75, 3.05) is 25.7 Å². The number of hydrogen-bond acceptors (Lipinski definition) is 7. The second-order valence-corrected chi connectivity index (χ2v) is 5.21. The molecule has 0 aliphatic heterocycles. The topological polar surface area (TPSA) is 109 Å². The third-order valence-electron chi connectivity index (χ3n) is 3.68. The first-order chi connectivity index (χ1) is 11.6. The fourth-order valence-electron chi connectivity index (χ4n) is 2.55. The lowest BCUT2D eigenvalue weighted by Crippen LogP contribution is -2.04. The molecule has 7 heteroatoms. The highest BCUT2D eigenvalue weighted by atomic mass is 16.5. The summed E-state index contributed by atoms with van der Waals surface area (Å²) in [6.45, 7) is 0. The number of benzene rings is 1. The van der Waals surface area contributed by atoms with Crippen LogP contribution in [0.2, 0.25) is 0 Å². The van der Waals surface area contributed by atoms with E-state index in [0.717, 1.165) is 22.3 Å². The molecular weight excluding hydrogens is 308 g/mol. The van der Waals surface area contributed by atoms with Gasteiger partial charge in [-0.25, -0.2) is 4.98 Å². The molecule has 0 spiro atoms. The predicted octanol–water partition coefficient (Wildman–Crippen LogP) is 2.51. The zero-order valence-electron chi connectivity index (χ0n) is 13.4. The van der Waals surface area contributed by atoms with Crippen LogP contribution in [-0.4, -0.2) is 24.2 Å². The van der Waals surface area contributed by atoms with Crippen LogP contribution in [0.3, 0.4) is 0 Å². The fraction of sp³-hybridized carbons (Fsp3) is 0.176. The number of rotatable bonds is 5. The highest BCUT2D eigenvalue weighted by molar-refractivity contribution is 5.74. The molecule has 0 saturated carbocycles. The Morgan fingerprint density at radius 3 is 2.62 bits per heavy atom. The minimum atomic E-state index is 0.155. The number of anilines is 2. The maximum atomic E-state index is 5.93. The highest BCUT2D eigenvalue weighted by Gasteiger charge is 2.16. The molecule has 3 aromatic rings. The molecule has 0 atom stereocenters. The summed E-state index contributed by atoms with van der Waals surface area (Å²) in [6, 6.07) is 5.77. The fourth-order valence-corrected chi connectivity index (χ4v) is 2.55. The van der Waals surface area contributed by atoms with Gasteiger partial charge in [0.25, 0.3) is 0 Å². The largest absolute Gasteiger partial charge is 0.493 e. The second-order valence-electron chi connectivity index (χ2n) is 5.21. The van der Waals surface area contributed by atoms with Gasteiger partial charge in [0, 0.05) is 29.3 Å². The van der Waals surface area contributed by atoms with Crippen molar-refractivity contribution in [3.8, 4) is 22.6 Å². The van der Waals surface area contributed by atoms with E-state index in [4.69, 9.17) is 25.4 Å². The van der Waals surface area contributed by atoms with Crippen LogP contribution in [0.5, 0.6) is 11.5 Å². The molecule has 2 aromatic heterocycles. The smallest absolute Gasteiger partial charge is 0.221 e. The van der Waals surface area contributed by atoms with E-state index in [9.17, 15) is 0 Å². The van der Waals surface area contributed by atoms with Gasteiger partial charge < -0.3 is 25.4 Å². The van der Waals surface area contributed by atoms with Crippen LogP contribution in [0, 0.1) is 0 Å². The lowest BCUT2D eigenvalue weighted by Gasteiger charge is -2.15. The summed E-state index contributed by atoms with van der Waals surface area (Å²) >= 11 is 0. The molecule has 7 nitrogen and oxygen atoms in total. The molecule has 0 radical (unpaired) electrons. The quantitative estimate of drug-likeness (QED) is 0.741. The summed E-state index contributed by atoms with van der Waals surface area (Å²) in [5, 5.41) is 0.